The lowest BCUT2D eigenvalue weighted by molar-refractivity contribution is 0.414. The molecular weight excluding hydrogens is 326 g/mol. The molecule has 1 heterocycles. The van der Waals surface area contributed by atoms with Gasteiger partial charge in [-0.1, -0.05) is 23.8 Å². The van der Waals surface area contributed by atoms with Crippen LogP contribution in [0.25, 0.3) is 11.0 Å². The van der Waals surface area contributed by atoms with Gasteiger partial charge in [0.05, 0.1) is 7.11 Å². The minimum Gasteiger partial charge on any atom is -0.497 e. The summed E-state index contributed by atoms with van der Waals surface area (Å²) in [4.78, 5) is 11.8. The first-order valence-corrected chi connectivity index (χ1v) is 8.94. The Bertz CT molecular complexity index is 959. The molecule has 3 aromatic rings. The largest absolute Gasteiger partial charge is 0.497 e. The number of nitrogens with one attached hydrogen (secondary N) is 1. The third kappa shape index (κ3) is 4.33. The molecule has 3 rings (SSSR count). The number of hydrogen-bond donors (Lipinski definition) is 1. The van der Waals surface area contributed by atoms with Crippen LogP contribution in [0.1, 0.15) is 28.7 Å². The summed E-state index contributed by atoms with van der Waals surface area (Å²) in [6.07, 6.45) is 2.10. The van der Waals surface area contributed by atoms with Crippen LogP contribution in [0.4, 0.5) is 0 Å². The van der Waals surface area contributed by atoms with Crippen LogP contribution in [-0.4, -0.2) is 13.7 Å². The molecule has 0 spiro atoms. The van der Waals surface area contributed by atoms with Crippen LogP contribution in [0.15, 0.2) is 51.7 Å². The van der Waals surface area contributed by atoms with Gasteiger partial charge < -0.3 is 14.5 Å². The van der Waals surface area contributed by atoms with E-state index < -0.39 is 0 Å². The third-order valence-electron chi connectivity index (χ3n) is 4.65. The molecule has 0 aliphatic rings. The molecule has 0 radical (unpaired) electrons. The van der Waals surface area contributed by atoms with Gasteiger partial charge >= 0.3 is 5.63 Å². The maximum Gasteiger partial charge on any atom is 0.336 e. The second kappa shape index (κ2) is 8.19. The van der Waals surface area contributed by atoms with Crippen LogP contribution in [0.3, 0.4) is 0 Å². The summed E-state index contributed by atoms with van der Waals surface area (Å²) in [6.45, 7) is 5.82. The first kappa shape index (κ1) is 18.2. The van der Waals surface area contributed by atoms with Crippen molar-refractivity contribution in [3.8, 4) is 5.75 Å². The summed E-state index contributed by atoms with van der Waals surface area (Å²) in [5, 5.41) is 4.38. The van der Waals surface area contributed by atoms with Gasteiger partial charge in [-0.25, -0.2) is 4.79 Å². The second-order valence-electron chi connectivity index (χ2n) is 6.66. The maximum atomic E-state index is 11.8. The molecular formula is C22H25NO3. The Kier molecular flexibility index (Phi) is 5.74. The van der Waals surface area contributed by atoms with E-state index in [0.29, 0.717) is 17.9 Å². The smallest absolute Gasteiger partial charge is 0.336 e. The number of rotatable bonds is 7. The van der Waals surface area contributed by atoms with Crippen molar-refractivity contribution in [3.05, 3.63) is 75.1 Å². The zero-order chi connectivity index (χ0) is 18.5. The van der Waals surface area contributed by atoms with Gasteiger partial charge in [-0.05, 0) is 62.1 Å². The van der Waals surface area contributed by atoms with E-state index in [9.17, 15) is 4.79 Å². The quantitative estimate of drug-likeness (QED) is 0.513. The molecule has 0 amide bonds. The van der Waals surface area contributed by atoms with Crippen molar-refractivity contribution in [1.29, 1.82) is 0 Å². The van der Waals surface area contributed by atoms with Gasteiger partial charge in [-0.3, -0.25) is 0 Å². The normalized spacial score (nSPS) is 11.0. The van der Waals surface area contributed by atoms with Crippen LogP contribution in [0.5, 0.6) is 5.75 Å². The van der Waals surface area contributed by atoms with Crippen LogP contribution in [0, 0.1) is 13.8 Å². The van der Waals surface area contributed by atoms with Crippen molar-refractivity contribution in [2.75, 3.05) is 13.7 Å². The Labute approximate surface area is 153 Å². The highest BCUT2D eigenvalue weighted by atomic mass is 16.5. The first-order chi connectivity index (χ1) is 12.6. The molecule has 0 unspecified atom stereocenters. The van der Waals surface area contributed by atoms with Gasteiger partial charge in [0.25, 0.3) is 0 Å². The number of methoxy groups -OCH3 is 1. The van der Waals surface area contributed by atoms with E-state index in [4.69, 9.17) is 9.15 Å². The van der Waals surface area contributed by atoms with Crippen molar-refractivity contribution in [1.82, 2.24) is 5.32 Å². The average Bonchev–Trinajstić information content (AvgIpc) is 2.62. The van der Waals surface area contributed by atoms with Crippen LogP contribution in [0.2, 0.25) is 0 Å². The summed E-state index contributed by atoms with van der Waals surface area (Å²) >= 11 is 0. The van der Waals surface area contributed by atoms with Crippen LogP contribution in [-0.2, 0) is 13.0 Å². The monoisotopic (exact) mass is 351 g/mol. The molecule has 136 valence electrons. The molecule has 0 fully saturated rings. The Morgan fingerprint density at radius 2 is 1.88 bits per heavy atom. The number of aryl methyl sites for hydroxylation is 3. The zero-order valence-corrected chi connectivity index (χ0v) is 15.6. The van der Waals surface area contributed by atoms with Crippen molar-refractivity contribution in [2.45, 2.75) is 33.2 Å². The number of hydrogen-bond acceptors (Lipinski definition) is 4. The first-order valence-electron chi connectivity index (χ1n) is 8.94. The Balaban J connectivity index is 1.60. The lowest BCUT2D eigenvalue weighted by Gasteiger charge is -2.10. The lowest BCUT2D eigenvalue weighted by atomic mass is 10.0. The van der Waals surface area contributed by atoms with Crippen molar-refractivity contribution in [2.24, 2.45) is 0 Å². The van der Waals surface area contributed by atoms with Crippen LogP contribution < -0.4 is 15.7 Å². The molecule has 0 saturated heterocycles. The minimum absolute atomic E-state index is 0.335. The summed E-state index contributed by atoms with van der Waals surface area (Å²) in [6, 6.07) is 13.7. The molecule has 0 bridgehead atoms. The third-order valence-corrected chi connectivity index (χ3v) is 4.65. The van der Waals surface area contributed by atoms with Crippen molar-refractivity contribution < 1.29 is 9.15 Å². The lowest BCUT2D eigenvalue weighted by Crippen LogP contribution is -2.17. The number of benzene rings is 2. The topological polar surface area (TPSA) is 51.5 Å². The Morgan fingerprint density at radius 3 is 2.65 bits per heavy atom. The molecule has 1 aromatic heterocycles. The van der Waals surface area contributed by atoms with Gasteiger partial charge in [0.15, 0.2) is 0 Å². The van der Waals surface area contributed by atoms with Crippen LogP contribution >= 0.6 is 0 Å². The van der Waals surface area contributed by atoms with Gasteiger partial charge in [-0.2, -0.15) is 0 Å². The fraction of sp³-hybridized carbons (Fsp3) is 0.318. The summed E-state index contributed by atoms with van der Waals surface area (Å²) < 4.78 is 10.5. The second-order valence-corrected chi connectivity index (χ2v) is 6.66. The molecule has 0 aliphatic heterocycles. The van der Waals surface area contributed by atoms with E-state index in [-0.39, 0.29) is 5.63 Å². The predicted octanol–water partition coefficient (Wildman–Crippen LogP) is 4.14. The molecule has 4 heteroatoms. The maximum absolute atomic E-state index is 11.8. The Morgan fingerprint density at radius 1 is 1.04 bits per heavy atom. The zero-order valence-electron chi connectivity index (χ0n) is 15.6. The van der Waals surface area contributed by atoms with Crippen molar-refractivity contribution >= 4 is 11.0 Å². The molecule has 26 heavy (non-hydrogen) atoms. The van der Waals surface area contributed by atoms with Gasteiger partial charge in [-0.15, -0.1) is 0 Å². The van der Waals surface area contributed by atoms with E-state index in [1.54, 1.807) is 19.2 Å². The van der Waals surface area contributed by atoms with Gasteiger partial charge in [0, 0.05) is 24.1 Å². The minimum atomic E-state index is -0.335. The number of fused-ring (bicyclic) bond motifs is 1. The summed E-state index contributed by atoms with van der Waals surface area (Å²) in [5.74, 6) is 0.680. The van der Waals surface area contributed by atoms with Gasteiger partial charge in [0.2, 0.25) is 0 Å². The van der Waals surface area contributed by atoms with E-state index in [2.05, 4.69) is 37.4 Å². The van der Waals surface area contributed by atoms with E-state index >= 15 is 0 Å². The highest BCUT2D eigenvalue weighted by Gasteiger charge is 2.07. The fourth-order valence-electron chi connectivity index (χ4n) is 3.24. The number of ether oxygens (including phenoxy) is 1. The highest BCUT2D eigenvalue weighted by Crippen LogP contribution is 2.22. The summed E-state index contributed by atoms with van der Waals surface area (Å²) in [7, 11) is 1.60. The average molecular weight is 351 g/mol. The van der Waals surface area contributed by atoms with E-state index in [1.807, 2.05) is 12.1 Å². The SMILES string of the molecule is COc1ccc2c(CNCCCc3ccc(C)cc3C)cc(=O)oc2c1. The predicted molar refractivity (Wildman–Crippen MR) is 105 cm³/mol. The van der Waals surface area contributed by atoms with Gasteiger partial charge in [0.1, 0.15) is 11.3 Å². The Hall–Kier alpha value is -2.59. The summed E-state index contributed by atoms with van der Waals surface area (Å²) in [5.41, 5.74) is 5.23. The van der Waals surface area contributed by atoms with E-state index in [1.165, 1.54) is 16.7 Å². The highest BCUT2D eigenvalue weighted by molar-refractivity contribution is 5.81. The molecule has 4 nitrogen and oxygen atoms in total. The molecule has 0 aliphatic carbocycles. The molecule has 0 saturated carbocycles. The fourth-order valence-corrected chi connectivity index (χ4v) is 3.24. The molecule has 0 atom stereocenters. The van der Waals surface area contributed by atoms with E-state index in [0.717, 1.165) is 30.3 Å². The van der Waals surface area contributed by atoms with Crippen molar-refractivity contribution in [3.63, 3.8) is 0 Å². The standard InChI is InChI=1S/C22H25NO3/c1-15-6-7-17(16(2)11-15)5-4-10-23-14-18-12-22(24)26-21-13-19(25-3)8-9-20(18)21/h6-9,11-13,23H,4-5,10,14H2,1-3H3. The molecule has 1 N–H and O–H groups in total. The molecule has 2 aromatic carbocycles.